The van der Waals surface area contributed by atoms with Crippen LogP contribution in [0.5, 0.6) is 5.75 Å². The normalized spacial score (nSPS) is 14.8. The smallest absolute Gasteiger partial charge is 0.343 e. The molecule has 1 aliphatic carbocycles. The topological polar surface area (TPSA) is 64.6 Å². The number of esters is 1. The number of nitrogens with one attached hydrogen (secondary N) is 1. The standard InChI is InChI=1S/C21H22ClNO4/c1-14-12-17(27-13-19(24)26-2)8-9-18(14)23-20(25)21(10-3-11-21)15-4-6-16(22)7-5-15/h4-9,12H,3,10-11,13H2,1-2H3,(H,23,25). The quantitative estimate of drug-likeness (QED) is 0.752. The highest BCUT2D eigenvalue weighted by Gasteiger charge is 2.45. The van der Waals surface area contributed by atoms with E-state index < -0.39 is 11.4 Å². The predicted octanol–water partition coefficient (Wildman–Crippen LogP) is 4.26. The van der Waals surface area contributed by atoms with Crippen LogP contribution in [0.15, 0.2) is 42.5 Å². The zero-order valence-electron chi connectivity index (χ0n) is 15.4. The van der Waals surface area contributed by atoms with Gasteiger partial charge in [-0.05, 0) is 61.2 Å². The van der Waals surface area contributed by atoms with Gasteiger partial charge in [-0.1, -0.05) is 30.2 Å². The van der Waals surface area contributed by atoms with Crippen molar-refractivity contribution in [2.75, 3.05) is 19.0 Å². The fraction of sp³-hybridized carbons (Fsp3) is 0.333. The molecule has 6 heteroatoms. The van der Waals surface area contributed by atoms with Crippen LogP contribution in [0.4, 0.5) is 5.69 Å². The number of benzene rings is 2. The van der Waals surface area contributed by atoms with Gasteiger partial charge in [-0.25, -0.2) is 4.79 Å². The van der Waals surface area contributed by atoms with Crippen LogP contribution >= 0.6 is 11.6 Å². The molecule has 1 saturated carbocycles. The van der Waals surface area contributed by atoms with Crippen LogP contribution in [-0.4, -0.2) is 25.6 Å². The Kier molecular flexibility index (Phi) is 5.71. The molecule has 0 spiro atoms. The first-order valence-corrected chi connectivity index (χ1v) is 9.20. The Morgan fingerprint density at radius 1 is 1.15 bits per heavy atom. The van der Waals surface area contributed by atoms with E-state index in [1.165, 1.54) is 7.11 Å². The number of carbonyl (C=O) groups is 2. The van der Waals surface area contributed by atoms with Crippen molar-refractivity contribution in [3.63, 3.8) is 0 Å². The van der Waals surface area contributed by atoms with Gasteiger partial charge in [0, 0.05) is 10.7 Å². The highest BCUT2D eigenvalue weighted by atomic mass is 35.5. The van der Waals surface area contributed by atoms with E-state index in [2.05, 4.69) is 10.1 Å². The molecule has 2 aromatic carbocycles. The number of ether oxygens (including phenoxy) is 2. The molecule has 0 aromatic heterocycles. The highest BCUT2D eigenvalue weighted by Crippen LogP contribution is 2.45. The molecule has 0 saturated heterocycles. The Hall–Kier alpha value is -2.53. The Balaban J connectivity index is 1.73. The SMILES string of the molecule is COC(=O)COc1ccc(NC(=O)C2(c3ccc(Cl)cc3)CCC2)c(C)c1. The van der Waals surface area contributed by atoms with Crippen molar-refractivity contribution in [2.45, 2.75) is 31.6 Å². The maximum atomic E-state index is 13.1. The Labute approximate surface area is 163 Å². The van der Waals surface area contributed by atoms with Crippen molar-refractivity contribution in [1.82, 2.24) is 0 Å². The van der Waals surface area contributed by atoms with Gasteiger partial charge in [0.15, 0.2) is 6.61 Å². The van der Waals surface area contributed by atoms with Gasteiger partial charge < -0.3 is 14.8 Å². The summed E-state index contributed by atoms with van der Waals surface area (Å²) >= 11 is 5.98. The second-order valence-corrected chi connectivity index (χ2v) is 7.17. The summed E-state index contributed by atoms with van der Waals surface area (Å²) in [6.45, 7) is 1.73. The van der Waals surface area contributed by atoms with Gasteiger partial charge in [-0.15, -0.1) is 0 Å². The van der Waals surface area contributed by atoms with E-state index in [1.54, 1.807) is 18.2 Å². The molecule has 1 N–H and O–H groups in total. The lowest BCUT2D eigenvalue weighted by Crippen LogP contribution is -2.46. The number of rotatable bonds is 6. The summed E-state index contributed by atoms with van der Waals surface area (Å²) in [5.41, 5.74) is 2.07. The number of amides is 1. The first-order chi connectivity index (χ1) is 12.9. The molecule has 1 aliphatic rings. The monoisotopic (exact) mass is 387 g/mol. The number of aryl methyl sites for hydroxylation is 1. The van der Waals surface area contributed by atoms with Crippen LogP contribution in [0.1, 0.15) is 30.4 Å². The van der Waals surface area contributed by atoms with Gasteiger partial charge in [0.1, 0.15) is 5.75 Å². The minimum atomic E-state index is -0.503. The van der Waals surface area contributed by atoms with Crippen LogP contribution in [0.2, 0.25) is 5.02 Å². The molecule has 1 amide bonds. The Morgan fingerprint density at radius 3 is 2.41 bits per heavy atom. The van der Waals surface area contributed by atoms with Gasteiger partial charge >= 0.3 is 5.97 Å². The van der Waals surface area contributed by atoms with Crippen LogP contribution in [0.25, 0.3) is 0 Å². The molecule has 0 bridgehead atoms. The third kappa shape index (κ3) is 4.08. The molecule has 0 heterocycles. The van der Waals surface area contributed by atoms with Crippen molar-refractivity contribution >= 4 is 29.2 Å². The summed E-state index contributed by atoms with van der Waals surface area (Å²) < 4.78 is 9.93. The lowest BCUT2D eigenvalue weighted by Gasteiger charge is -2.40. The number of hydrogen-bond acceptors (Lipinski definition) is 4. The van der Waals surface area contributed by atoms with E-state index in [0.717, 1.165) is 36.1 Å². The molecule has 142 valence electrons. The molecule has 0 unspecified atom stereocenters. The predicted molar refractivity (Wildman–Crippen MR) is 104 cm³/mol. The third-order valence-electron chi connectivity index (χ3n) is 5.07. The minimum absolute atomic E-state index is 0.0117. The van der Waals surface area contributed by atoms with E-state index >= 15 is 0 Å². The first kappa shape index (κ1) is 19.2. The van der Waals surface area contributed by atoms with Crippen LogP contribution in [0, 0.1) is 6.92 Å². The number of hydrogen-bond donors (Lipinski definition) is 1. The molecule has 27 heavy (non-hydrogen) atoms. The maximum absolute atomic E-state index is 13.1. The van der Waals surface area contributed by atoms with Gasteiger partial charge in [-0.2, -0.15) is 0 Å². The summed E-state index contributed by atoms with van der Waals surface area (Å²) in [5.74, 6) is 0.0919. The van der Waals surface area contributed by atoms with E-state index in [0.29, 0.717) is 10.8 Å². The van der Waals surface area contributed by atoms with Crippen LogP contribution < -0.4 is 10.1 Å². The summed E-state index contributed by atoms with van der Waals surface area (Å²) in [6.07, 6.45) is 2.66. The zero-order valence-corrected chi connectivity index (χ0v) is 16.1. The molecule has 0 aliphatic heterocycles. The largest absolute Gasteiger partial charge is 0.482 e. The van der Waals surface area contributed by atoms with Gasteiger partial charge in [-0.3, -0.25) is 4.79 Å². The number of anilines is 1. The number of halogens is 1. The fourth-order valence-electron chi connectivity index (χ4n) is 3.26. The van der Waals surface area contributed by atoms with Crippen LogP contribution in [-0.2, 0) is 19.7 Å². The molecular formula is C21H22ClNO4. The lowest BCUT2D eigenvalue weighted by atomic mass is 9.64. The van der Waals surface area contributed by atoms with Gasteiger partial charge in [0.05, 0.1) is 12.5 Å². The average molecular weight is 388 g/mol. The maximum Gasteiger partial charge on any atom is 0.343 e. The average Bonchev–Trinajstić information content (AvgIpc) is 2.62. The van der Waals surface area contributed by atoms with Gasteiger partial charge in [0.25, 0.3) is 0 Å². The molecule has 1 fully saturated rings. The van der Waals surface area contributed by atoms with Crippen molar-refractivity contribution in [1.29, 1.82) is 0 Å². The first-order valence-electron chi connectivity index (χ1n) is 8.82. The number of methoxy groups -OCH3 is 1. The van der Waals surface area contributed by atoms with Crippen molar-refractivity contribution in [3.05, 3.63) is 58.6 Å². The third-order valence-corrected chi connectivity index (χ3v) is 5.32. The fourth-order valence-corrected chi connectivity index (χ4v) is 3.38. The molecule has 2 aromatic rings. The van der Waals surface area contributed by atoms with Crippen LogP contribution in [0.3, 0.4) is 0 Å². The molecule has 0 atom stereocenters. The molecule has 3 rings (SSSR count). The second kappa shape index (κ2) is 8.01. The molecule has 5 nitrogen and oxygen atoms in total. The summed E-state index contributed by atoms with van der Waals surface area (Å²) in [4.78, 5) is 24.2. The minimum Gasteiger partial charge on any atom is -0.482 e. The molecule has 0 radical (unpaired) electrons. The van der Waals surface area contributed by atoms with E-state index in [4.69, 9.17) is 16.3 Å². The summed E-state index contributed by atoms with van der Waals surface area (Å²) in [7, 11) is 1.31. The Morgan fingerprint density at radius 2 is 1.85 bits per heavy atom. The van der Waals surface area contributed by atoms with Crippen molar-refractivity contribution < 1.29 is 19.1 Å². The van der Waals surface area contributed by atoms with E-state index in [1.807, 2.05) is 31.2 Å². The Bertz CT molecular complexity index is 844. The lowest BCUT2D eigenvalue weighted by molar-refractivity contribution is -0.142. The number of carbonyl (C=O) groups excluding carboxylic acids is 2. The summed E-state index contributed by atoms with van der Waals surface area (Å²) in [6, 6.07) is 12.8. The summed E-state index contributed by atoms with van der Waals surface area (Å²) in [5, 5.41) is 3.71. The molecular weight excluding hydrogens is 366 g/mol. The van der Waals surface area contributed by atoms with Gasteiger partial charge in [0.2, 0.25) is 5.91 Å². The highest BCUT2D eigenvalue weighted by molar-refractivity contribution is 6.30. The van der Waals surface area contributed by atoms with E-state index in [9.17, 15) is 9.59 Å². The van der Waals surface area contributed by atoms with Crippen molar-refractivity contribution in [3.8, 4) is 5.75 Å². The van der Waals surface area contributed by atoms with E-state index in [-0.39, 0.29) is 12.5 Å². The zero-order chi connectivity index (χ0) is 19.4. The van der Waals surface area contributed by atoms with Crippen molar-refractivity contribution in [2.24, 2.45) is 0 Å². The second-order valence-electron chi connectivity index (χ2n) is 6.74.